The second-order valence-electron chi connectivity index (χ2n) is 3.99. The van der Waals surface area contributed by atoms with E-state index in [1.807, 2.05) is 30.3 Å². The minimum atomic E-state index is -0.525. The Bertz CT molecular complexity index is 306. The fourth-order valence-corrected chi connectivity index (χ4v) is 1.48. The van der Waals surface area contributed by atoms with Gasteiger partial charge in [0.1, 0.15) is 5.78 Å². The lowest BCUT2D eigenvalue weighted by Gasteiger charge is -2.15. The summed E-state index contributed by atoms with van der Waals surface area (Å²) in [5.41, 5.74) is 1.20. The van der Waals surface area contributed by atoms with Crippen LogP contribution in [0.4, 0.5) is 0 Å². The van der Waals surface area contributed by atoms with E-state index in [4.69, 9.17) is 0 Å². The zero-order valence-corrected chi connectivity index (χ0v) is 9.31. The Morgan fingerprint density at radius 3 is 2.47 bits per heavy atom. The minimum absolute atomic E-state index is 0.0514. The van der Waals surface area contributed by atoms with Crippen molar-refractivity contribution >= 4 is 5.78 Å². The summed E-state index contributed by atoms with van der Waals surface area (Å²) in [6, 6.07) is 10.0. The van der Waals surface area contributed by atoms with E-state index in [2.05, 4.69) is 0 Å². The molecule has 1 aromatic carbocycles. The van der Waals surface area contributed by atoms with Crippen molar-refractivity contribution in [1.29, 1.82) is 0 Å². The smallest absolute Gasteiger partial charge is 0.135 e. The van der Waals surface area contributed by atoms with Crippen LogP contribution in [-0.4, -0.2) is 17.0 Å². The highest BCUT2D eigenvalue weighted by Crippen LogP contribution is 2.12. The lowest BCUT2D eigenvalue weighted by atomic mass is 9.95. The van der Waals surface area contributed by atoms with Crippen LogP contribution in [0.5, 0.6) is 0 Å². The van der Waals surface area contributed by atoms with E-state index in [0.29, 0.717) is 6.42 Å². The number of rotatable bonds is 5. The van der Waals surface area contributed by atoms with Crippen molar-refractivity contribution in [2.24, 2.45) is 5.92 Å². The number of hydrogen-bond donors (Lipinski definition) is 1. The average Bonchev–Trinajstić information content (AvgIpc) is 2.26. The van der Waals surface area contributed by atoms with Gasteiger partial charge in [0, 0.05) is 5.92 Å². The van der Waals surface area contributed by atoms with E-state index in [1.165, 1.54) is 12.5 Å². The summed E-state index contributed by atoms with van der Waals surface area (Å²) in [6.07, 6.45) is 0.937. The number of carbonyl (C=O) groups excluding carboxylic acids is 1. The van der Waals surface area contributed by atoms with Crippen LogP contribution in [0.2, 0.25) is 0 Å². The summed E-state index contributed by atoms with van der Waals surface area (Å²) in [5.74, 6) is -0.204. The van der Waals surface area contributed by atoms with Gasteiger partial charge < -0.3 is 5.11 Å². The number of ketones is 1. The molecular formula is C13H18O2. The number of Topliss-reactive ketones (excluding diaryl/α,β-unsaturated/α-hetero) is 1. The summed E-state index contributed by atoms with van der Waals surface area (Å²) in [4.78, 5) is 11.0. The highest BCUT2D eigenvalue weighted by atomic mass is 16.3. The Kier molecular flexibility index (Phi) is 4.50. The van der Waals surface area contributed by atoms with Crippen LogP contribution in [0.15, 0.2) is 30.3 Å². The quantitative estimate of drug-likeness (QED) is 0.802. The van der Waals surface area contributed by atoms with Crippen molar-refractivity contribution in [3.8, 4) is 0 Å². The SMILES string of the molecule is CC(=O)[C@@H](C)[C@H](O)CCc1ccccc1. The molecular weight excluding hydrogens is 188 g/mol. The standard InChI is InChI=1S/C13H18O2/c1-10(11(2)14)13(15)9-8-12-6-4-3-5-7-12/h3-7,10,13,15H,8-9H2,1-2H3/t10-,13-/m1/s1. The van der Waals surface area contributed by atoms with Crippen molar-refractivity contribution in [3.05, 3.63) is 35.9 Å². The first-order valence-electron chi connectivity index (χ1n) is 5.33. The van der Waals surface area contributed by atoms with Crippen molar-refractivity contribution < 1.29 is 9.90 Å². The monoisotopic (exact) mass is 206 g/mol. The molecule has 0 saturated carbocycles. The molecule has 2 atom stereocenters. The minimum Gasteiger partial charge on any atom is -0.392 e. The average molecular weight is 206 g/mol. The van der Waals surface area contributed by atoms with Crippen LogP contribution in [0.3, 0.4) is 0 Å². The molecule has 0 aliphatic carbocycles. The predicted octanol–water partition coefficient (Wildman–Crippen LogP) is 2.21. The van der Waals surface area contributed by atoms with Gasteiger partial charge in [-0.1, -0.05) is 37.3 Å². The summed E-state index contributed by atoms with van der Waals surface area (Å²) >= 11 is 0. The van der Waals surface area contributed by atoms with E-state index < -0.39 is 6.10 Å². The van der Waals surface area contributed by atoms with Gasteiger partial charge >= 0.3 is 0 Å². The van der Waals surface area contributed by atoms with Crippen LogP contribution in [0.1, 0.15) is 25.8 Å². The molecule has 2 heteroatoms. The summed E-state index contributed by atoms with van der Waals surface area (Å²) in [6.45, 7) is 3.30. The fourth-order valence-electron chi connectivity index (χ4n) is 1.48. The predicted molar refractivity (Wildman–Crippen MR) is 60.6 cm³/mol. The second-order valence-corrected chi connectivity index (χ2v) is 3.99. The van der Waals surface area contributed by atoms with E-state index in [-0.39, 0.29) is 11.7 Å². The normalized spacial score (nSPS) is 14.6. The summed E-state index contributed by atoms with van der Waals surface area (Å²) in [7, 11) is 0. The molecule has 0 amide bonds. The lowest BCUT2D eigenvalue weighted by Crippen LogP contribution is -2.24. The number of benzene rings is 1. The summed E-state index contributed by atoms with van der Waals surface area (Å²) in [5, 5.41) is 9.73. The molecule has 1 rings (SSSR count). The molecule has 0 aliphatic heterocycles. The maximum absolute atomic E-state index is 11.0. The van der Waals surface area contributed by atoms with Gasteiger partial charge in [-0.15, -0.1) is 0 Å². The molecule has 0 spiro atoms. The van der Waals surface area contributed by atoms with Gasteiger partial charge in [0.05, 0.1) is 6.10 Å². The molecule has 0 fully saturated rings. The van der Waals surface area contributed by atoms with Gasteiger partial charge in [-0.3, -0.25) is 4.79 Å². The topological polar surface area (TPSA) is 37.3 Å². The molecule has 1 aromatic rings. The van der Waals surface area contributed by atoms with Crippen molar-refractivity contribution in [2.75, 3.05) is 0 Å². The van der Waals surface area contributed by atoms with Crippen LogP contribution in [0, 0.1) is 5.92 Å². The van der Waals surface area contributed by atoms with Gasteiger partial charge in [0.25, 0.3) is 0 Å². The van der Waals surface area contributed by atoms with Gasteiger partial charge in [-0.25, -0.2) is 0 Å². The van der Waals surface area contributed by atoms with Gasteiger partial charge in [0.15, 0.2) is 0 Å². The zero-order chi connectivity index (χ0) is 11.3. The Balaban J connectivity index is 2.41. The third-order valence-electron chi connectivity index (χ3n) is 2.79. The maximum atomic E-state index is 11.0. The molecule has 15 heavy (non-hydrogen) atoms. The van der Waals surface area contributed by atoms with Crippen molar-refractivity contribution in [2.45, 2.75) is 32.8 Å². The number of aliphatic hydroxyl groups excluding tert-OH is 1. The van der Waals surface area contributed by atoms with Crippen molar-refractivity contribution in [1.82, 2.24) is 0 Å². The Hall–Kier alpha value is -1.15. The fraction of sp³-hybridized carbons (Fsp3) is 0.462. The first kappa shape index (κ1) is 11.9. The van der Waals surface area contributed by atoms with Crippen LogP contribution in [-0.2, 0) is 11.2 Å². The lowest BCUT2D eigenvalue weighted by molar-refractivity contribution is -0.123. The van der Waals surface area contributed by atoms with Crippen LogP contribution < -0.4 is 0 Å². The molecule has 1 N–H and O–H groups in total. The van der Waals surface area contributed by atoms with Gasteiger partial charge in [-0.05, 0) is 25.3 Å². The highest BCUT2D eigenvalue weighted by Gasteiger charge is 2.17. The molecule has 0 unspecified atom stereocenters. The second kappa shape index (κ2) is 5.66. The largest absolute Gasteiger partial charge is 0.392 e. The van der Waals surface area contributed by atoms with Gasteiger partial charge in [0.2, 0.25) is 0 Å². The van der Waals surface area contributed by atoms with Crippen molar-refractivity contribution in [3.63, 3.8) is 0 Å². The Morgan fingerprint density at radius 1 is 1.33 bits per heavy atom. The molecule has 0 saturated heterocycles. The van der Waals surface area contributed by atoms with E-state index in [9.17, 15) is 9.90 Å². The molecule has 0 aliphatic rings. The molecule has 0 heterocycles. The molecule has 2 nitrogen and oxygen atoms in total. The molecule has 0 bridgehead atoms. The first-order valence-corrected chi connectivity index (χ1v) is 5.33. The molecule has 0 radical (unpaired) electrons. The molecule has 82 valence electrons. The zero-order valence-electron chi connectivity index (χ0n) is 9.31. The van der Waals surface area contributed by atoms with Gasteiger partial charge in [-0.2, -0.15) is 0 Å². The van der Waals surface area contributed by atoms with Crippen LogP contribution in [0.25, 0.3) is 0 Å². The summed E-state index contributed by atoms with van der Waals surface area (Å²) < 4.78 is 0. The third-order valence-corrected chi connectivity index (χ3v) is 2.79. The Labute approximate surface area is 90.9 Å². The number of aryl methyl sites for hydroxylation is 1. The van der Waals surface area contributed by atoms with E-state index >= 15 is 0 Å². The Morgan fingerprint density at radius 2 is 1.93 bits per heavy atom. The highest BCUT2D eigenvalue weighted by molar-refractivity contribution is 5.78. The molecule has 0 aromatic heterocycles. The van der Waals surface area contributed by atoms with Crippen LogP contribution >= 0.6 is 0 Å². The maximum Gasteiger partial charge on any atom is 0.135 e. The first-order chi connectivity index (χ1) is 7.11. The van der Waals surface area contributed by atoms with E-state index in [0.717, 1.165) is 6.42 Å². The number of aliphatic hydroxyl groups is 1. The number of carbonyl (C=O) groups is 1. The van der Waals surface area contributed by atoms with E-state index in [1.54, 1.807) is 6.92 Å². The third kappa shape index (κ3) is 3.84. The number of hydrogen-bond acceptors (Lipinski definition) is 2.